The fourth-order valence-corrected chi connectivity index (χ4v) is 5.23. The van der Waals surface area contributed by atoms with Crippen LogP contribution in [0.3, 0.4) is 0 Å². The van der Waals surface area contributed by atoms with E-state index in [1.165, 1.54) is 30.7 Å². The van der Waals surface area contributed by atoms with Crippen LogP contribution in [0.1, 0.15) is 84.0 Å². The standard InChI is InChI=1S/C32H42F4O2/c1-3-5-7-8-9-19-37-30-17-15-26(20-28(30)33)27-16-18-31(29(34)21-27)38-23-32(35,36)22-25-13-11-24(12-14-25)10-6-4-2/h4,15-18,20-21,24-25H,2-3,5-14,19,22-23H2,1H3. The Morgan fingerprint density at radius 1 is 0.842 bits per heavy atom. The third kappa shape index (κ3) is 9.67. The van der Waals surface area contributed by atoms with Gasteiger partial charge in [0.15, 0.2) is 29.7 Å². The van der Waals surface area contributed by atoms with Crippen molar-refractivity contribution in [2.75, 3.05) is 13.2 Å². The molecule has 0 bridgehead atoms. The molecule has 0 aromatic heterocycles. The van der Waals surface area contributed by atoms with E-state index < -0.39 is 24.2 Å². The van der Waals surface area contributed by atoms with Crippen LogP contribution in [-0.2, 0) is 0 Å². The normalized spacial score (nSPS) is 17.8. The Hall–Kier alpha value is -2.50. The van der Waals surface area contributed by atoms with Gasteiger partial charge >= 0.3 is 0 Å². The summed E-state index contributed by atoms with van der Waals surface area (Å²) in [6.07, 6.45) is 12.6. The summed E-state index contributed by atoms with van der Waals surface area (Å²) in [4.78, 5) is 0. The summed E-state index contributed by atoms with van der Waals surface area (Å²) in [5, 5.41) is 0. The Morgan fingerprint density at radius 2 is 1.42 bits per heavy atom. The lowest BCUT2D eigenvalue weighted by molar-refractivity contribution is -0.0648. The third-order valence-electron chi connectivity index (χ3n) is 7.47. The van der Waals surface area contributed by atoms with E-state index in [9.17, 15) is 17.6 Å². The summed E-state index contributed by atoms with van der Waals surface area (Å²) < 4.78 is 69.2. The maximum atomic E-state index is 14.7. The van der Waals surface area contributed by atoms with Gasteiger partial charge in [0.1, 0.15) is 0 Å². The highest BCUT2D eigenvalue weighted by atomic mass is 19.3. The van der Waals surface area contributed by atoms with Gasteiger partial charge in [-0.05, 0) is 79.3 Å². The topological polar surface area (TPSA) is 18.5 Å². The summed E-state index contributed by atoms with van der Waals surface area (Å²) in [5.74, 6) is -3.82. The summed E-state index contributed by atoms with van der Waals surface area (Å²) in [6, 6.07) is 8.54. The smallest absolute Gasteiger partial charge is 0.281 e. The molecule has 2 nitrogen and oxygen atoms in total. The highest BCUT2D eigenvalue weighted by Crippen LogP contribution is 2.38. The molecule has 0 radical (unpaired) electrons. The van der Waals surface area contributed by atoms with Crippen LogP contribution in [0.5, 0.6) is 11.5 Å². The van der Waals surface area contributed by atoms with E-state index in [0.717, 1.165) is 64.2 Å². The van der Waals surface area contributed by atoms with Gasteiger partial charge in [0, 0.05) is 6.42 Å². The Balaban J connectivity index is 1.49. The van der Waals surface area contributed by atoms with Crippen molar-refractivity contribution >= 4 is 0 Å². The van der Waals surface area contributed by atoms with E-state index >= 15 is 0 Å². The SMILES string of the molecule is C=CCCC1CCC(CC(F)(F)COc2ccc(-c3ccc(OCCCCCCC)c(F)c3)cc2F)CC1. The number of ether oxygens (including phenoxy) is 2. The maximum Gasteiger partial charge on any atom is 0.281 e. The highest BCUT2D eigenvalue weighted by Gasteiger charge is 2.35. The first-order valence-corrected chi connectivity index (χ1v) is 14.1. The van der Waals surface area contributed by atoms with Crippen molar-refractivity contribution in [2.45, 2.75) is 89.9 Å². The number of hydrogen-bond acceptors (Lipinski definition) is 2. The zero-order chi connectivity index (χ0) is 27.4. The molecule has 2 aromatic rings. The van der Waals surface area contributed by atoms with Crippen molar-refractivity contribution in [1.82, 2.24) is 0 Å². The minimum absolute atomic E-state index is 0.0382. The van der Waals surface area contributed by atoms with E-state index in [0.29, 0.717) is 23.7 Å². The second-order valence-electron chi connectivity index (χ2n) is 10.7. The number of alkyl halides is 2. The molecule has 0 unspecified atom stereocenters. The molecule has 0 aliphatic heterocycles. The molecular formula is C32H42F4O2. The van der Waals surface area contributed by atoms with Crippen LogP contribution in [0.4, 0.5) is 17.6 Å². The van der Waals surface area contributed by atoms with E-state index in [4.69, 9.17) is 9.47 Å². The quantitative estimate of drug-likeness (QED) is 0.121. The summed E-state index contributed by atoms with van der Waals surface area (Å²) in [5.41, 5.74) is 0.900. The Kier molecular flexibility index (Phi) is 12.0. The zero-order valence-electron chi connectivity index (χ0n) is 22.6. The van der Waals surface area contributed by atoms with Gasteiger partial charge in [-0.1, -0.05) is 63.7 Å². The number of allylic oxidation sites excluding steroid dienone is 1. The lowest BCUT2D eigenvalue weighted by atomic mass is 9.78. The number of benzene rings is 2. The Bertz CT molecular complexity index is 999. The monoisotopic (exact) mass is 534 g/mol. The molecule has 0 spiro atoms. The Morgan fingerprint density at radius 3 is 2.00 bits per heavy atom. The van der Waals surface area contributed by atoms with Gasteiger partial charge in [-0.2, -0.15) is 0 Å². The maximum absolute atomic E-state index is 14.7. The predicted octanol–water partition coefficient (Wildman–Crippen LogP) is 10.2. The van der Waals surface area contributed by atoms with Crippen LogP contribution >= 0.6 is 0 Å². The van der Waals surface area contributed by atoms with Crippen LogP contribution in [0.2, 0.25) is 0 Å². The van der Waals surface area contributed by atoms with Crippen molar-refractivity contribution in [3.8, 4) is 22.6 Å². The molecular weight excluding hydrogens is 492 g/mol. The third-order valence-corrected chi connectivity index (χ3v) is 7.47. The van der Waals surface area contributed by atoms with Crippen molar-refractivity contribution in [1.29, 1.82) is 0 Å². The van der Waals surface area contributed by atoms with E-state index in [1.54, 1.807) is 12.1 Å². The van der Waals surface area contributed by atoms with Gasteiger partial charge in [0.05, 0.1) is 6.61 Å². The molecule has 1 aliphatic carbocycles. The van der Waals surface area contributed by atoms with E-state index in [1.807, 2.05) is 6.08 Å². The summed E-state index contributed by atoms with van der Waals surface area (Å²) >= 11 is 0. The first-order valence-electron chi connectivity index (χ1n) is 14.1. The van der Waals surface area contributed by atoms with Crippen molar-refractivity contribution < 1.29 is 27.0 Å². The molecule has 0 amide bonds. The average molecular weight is 535 g/mol. The first kappa shape index (κ1) is 30.0. The van der Waals surface area contributed by atoms with Gasteiger partial charge < -0.3 is 9.47 Å². The number of unbranched alkanes of at least 4 members (excludes halogenated alkanes) is 4. The minimum atomic E-state index is -3.03. The van der Waals surface area contributed by atoms with Gasteiger partial charge in [-0.25, -0.2) is 17.6 Å². The van der Waals surface area contributed by atoms with Crippen LogP contribution in [0.25, 0.3) is 11.1 Å². The largest absolute Gasteiger partial charge is 0.491 e. The van der Waals surface area contributed by atoms with Crippen molar-refractivity contribution in [3.63, 3.8) is 0 Å². The average Bonchev–Trinajstić information content (AvgIpc) is 2.90. The van der Waals surface area contributed by atoms with Crippen LogP contribution in [0.15, 0.2) is 49.1 Å². The van der Waals surface area contributed by atoms with Gasteiger partial charge in [-0.3, -0.25) is 0 Å². The molecule has 6 heteroatoms. The summed E-state index contributed by atoms with van der Waals surface area (Å²) in [7, 11) is 0. The fourth-order valence-electron chi connectivity index (χ4n) is 5.23. The van der Waals surface area contributed by atoms with E-state index in [2.05, 4.69) is 13.5 Å². The fraction of sp³-hybridized carbons (Fsp3) is 0.562. The van der Waals surface area contributed by atoms with Gasteiger partial charge in [0.25, 0.3) is 5.92 Å². The first-order chi connectivity index (χ1) is 18.3. The van der Waals surface area contributed by atoms with Gasteiger partial charge in [0.2, 0.25) is 0 Å². The lowest BCUT2D eigenvalue weighted by Crippen LogP contribution is -2.30. The van der Waals surface area contributed by atoms with Crippen molar-refractivity contribution in [3.05, 3.63) is 60.7 Å². The molecule has 1 aliphatic rings. The number of halogens is 4. The van der Waals surface area contributed by atoms with Gasteiger partial charge in [-0.15, -0.1) is 6.58 Å². The summed E-state index contributed by atoms with van der Waals surface area (Å²) in [6.45, 7) is 5.48. The minimum Gasteiger partial charge on any atom is -0.491 e. The molecule has 0 saturated heterocycles. The van der Waals surface area contributed by atoms with Crippen LogP contribution < -0.4 is 9.47 Å². The van der Waals surface area contributed by atoms with Crippen LogP contribution in [-0.4, -0.2) is 19.1 Å². The molecule has 38 heavy (non-hydrogen) atoms. The second-order valence-corrected chi connectivity index (χ2v) is 10.7. The lowest BCUT2D eigenvalue weighted by Gasteiger charge is -2.30. The molecule has 210 valence electrons. The molecule has 0 N–H and O–H groups in total. The highest BCUT2D eigenvalue weighted by molar-refractivity contribution is 5.65. The van der Waals surface area contributed by atoms with Crippen molar-refractivity contribution in [2.24, 2.45) is 11.8 Å². The number of rotatable bonds is 16. The number of hydrogen-bond donors (Lipinski definition) is 0. The van der Waals surface area contributed by atoms with E-state index in [-0.39, 0.29) is 23.8 Å². The molecule has 0 atom stereocenters. The second kappa shape index (κ2) is 15.2. The molecule has 0 heterocycles. The molecule has 1 saturated carbocycles. The molecule has 1 fully saturated rings. The Labute approximate surface area is 225 Å². The molecule has 3 rings (SSSR count). The zero-order valence-corrected chi connectivity index (χ0v) is 22.6. The van der Waals surface area contributed by atoms with Crippen LogP contribution in [0, 0.1) is 23.5 Å². The molecule has 2 aromatic carbocycles. The predicted molar refractivity (Wildman–Crippen MR) is 146 cm³/mol.